The molecule has 0 fully saturated rings. The van der Waals surface area contributed by atoms with E-state index in [2.05, 4.69) is 18.9 Å². The molecule has 15 heavy (non-hydrogen) atoms. The van der Waals surface area contributed by atoms with Crippen molar-refractivity contribution < 1.29 is 4.79 Å². The number of carbonyl (C=O) groups excluding carboxylic acids is 1. The summed E-state index contributed by atoms with van der Waals surface area (Å²) in [5.74, 6) is 0.513. The van der Waals surface area contributed by atoms with Crippen molar-refractivity contribution in [2.45, 2.75) is 25.5 Å². The Morgan fingerprint density at radius 3 is 2.87 bits per heavy atom. The smallest absolute Gasteiger partial charge is 0.192 e. The second kappa shape index (κ2) is 5.56. The van der Waals surface area contributed by atoms with Gasteiger partial charge in [-0.3, -0.25) is 9.48 Å². The van der Waals surface area contributed by atoms with Gasteiger partial charge in [0.15, 0.2) is 5.78 Å². The normalized spacial score (nSPS) is 12.8. The number of carbonyl (C=O) groups is 1. The molecule has 1 rings (SSSR count). The topological polar surface area (TPSA) is 34.9 Å². The number of hydrogen-bond acceptors (Lipinski definition) is 3. The third-order valence-corrected chi connectivity index (χ3v) is 3.84. The molecule has 0 aliphatic carbocycles. The van der Waals surface area contributed by atoms with Crippen LogP contribution in [0.15, 0.2) is 6.20 Å². The Labute approximate surface area is 99.2 Å². The first-order valence-corrected chi connectivity index (χ1v) is 6.31. The zero-order valence-electron chi connectivity index (χ0n) is 9.16. The predicted octanol–water partition coefficient (Wildman–Crippen LogP) is 2.79. The van der Waals surface area contributed by atoms with E-state index in [1.54, 1.807) is 18.8 Å². The minimum absolute atomic E-state index is 0.0466. The maximum Gasteiger partial charge on any atom is 0.192 e. The molecule has 0 amide bonds. The molecule has 0 spiro atoms. The lowest BCUT2D eigenvalue weighted by Crippen LogP contribution is -2.11. The van der Waals surface area contributed by atoms with Crippen LogP contribution in [0.3, 0.4) is 0 Å². The second-order valence-corrected chi connectivity index (χ2v) is 5.25. The molecule has 3 nitrogen and oxygen atoms in total. The summed E-state index contributed by atoms with van der Waals surface area (Å²) in [5.41, 5.74) is 0.507. The Balaban J connectivity index is 2.62. The molecule has 1 aromatic rings. The molecule has 1 atom stereocenters. The lowest BCUT2D eigenvalue weighted by Gasteiger charge is -2.07. The van der Waals surface area contributed by atoms with Gasteiger partial charge in [-0.2, -0.15) is 16.9 Å². The van der Waals surface area contributed by atoms with Crippen LogP contribution in [-0.4, -0.2) is 26.6 Å². The molecule has 0 aliphatic rings. The third-order valence-electron chi connectivity index (χ3n) is 2.23. The van der Waals surface area contributed by atoms with E-state index in [1.165, 1.54) is 10.9 Å². The maximum absolute atomic E-state index is 11.8. The van der Waals surface area contributed by atoms with Crippen LogP contribution in [0.1, 0.15) is 30.8 Å². The Morgan fingerprint density at radius 2 is 2.40 bits per heavy atom. The molecular weight excluding hydrogens is 232 g/mol. The number of hydrogen-bond donors (Lipinski definition) is 0. The van der Waals surface area contributed by atoms with Crippen molar-refractivity contribution in [1.29, 1.82) is 0 Å². The van der Waals surface area contributed by atoms with E-state index >= 15 is 0 Å². The van der Waals surface area contributed by atoms with Gasteiger partial charge in [0.25, 0.3) is 0 Å². The summed E-state index contributed by atoms with van der Waals surface area (Å²) in [5, 5.41) is 4.88. The highest BCUT2D eigenvalue weighted by atomic mass is 35.5. The van der Waals surface area contributed by atoms with Crippen LogP contribution in [0, 0.1) is 0 Å². The van der Waals surface area contributed by atoms with Gasteiger partial charge in [-0.15, -0.1) is 0 Å². The van der Waals surface area contributed by atoms with Crippen LogP contribution >= 0.6 is 23.4 Å². The largest absolute Gasteiger partial charge is 0.291 e. The zero-order valence-corrected chi connectivity index (χ0v) is 10.7. The Morgan fingerprint density at radius 1 is 1.73 bits per heavy atom. The number of halogens is 1. The first-order valence-electron chi connectivity index (χ1n) is 4.88. The molecule has 0 radical (unpaired) electrons. The highest BCUT2D eigenvalue weighted by molar-refractivity contribution is 8.00. The van der Waals surface area contributed by atoms with Gasteiger partial charge in [0.05, 0.1) is 17.0 Å². The zero-order chi connectivity index (χ0) is 11.4. The van der Waals surface area contributed by atoms with Crippen LogP contribution in [0.2, 0.25) is 5.02 Å². The molecule has 0 saturated carbocycles. The summed E-state index contributed by atoms with van der Waals surface area (Å²) in [6, 6.07) is 0. The fourth-order valence-electron chi connectivity index (χ4n) is 1.13. The molecule has 0 N–H and O–H groups in total. The average Bonchev–Trinajstić information content (AvgIpc) is 2.54. The quantitative estimate of drug-likeness (QED) is 0.750. The fraction of sp³-hybridized carbons (Fsp3) is 0.600. The molecule has 5 heteroatoms. The number of aryl methyl sites for hydroxylation is 1. The third kappa shape index (κ3) is 3.24. The molecule has 0 bridgehead atoms. The average molecular weight is 247 g/mol. The fourth-order valence-corrected chi connectivity index (χ4v) is 2.21. The highest BCUT2D eigenvalue weighted by Crippen LogP contribution is 2.19. The monoisotopic (exact) mass is 246 g/mol. The van der Waals surface area contributed by atoms with E-state index < -0.39 is 0 Å². The maximum atomic E-state index is 11.8. The Hall–Kier alpha value is -0.480. The summed E-state index contributed by atoms with van der Waals surface area (Å²) in [6.45, 7) is 4.22. The van der Waals surface area contributed by atoms with E-state index in [0.717, 1.165) is 6.42 Å². The van der Waals surface area contributed by atoms with Gasteiger partial charge in [-0.05, 0) is 6.42 Å². The lowest BCUT2D eigenvalue weighted by molar-refractivity contribution is 0.101. The summed E-state index contributed by atoms with van der Waals surface area (Å²) < 4.78 is 1.53. The van der Waals surface area contributed by atoms with Crippen molar-refractivity contribution in [2.24, 2.45) is 7.05 Å². The molecule has 1 heterocycles. The Kier molecular flexibility index (Phi) is 4.67. The Bertz CT molecular complexity index is 332. The van der Waals surface area contributed by atoms with E-state index in [9.17, 15) is 4.79 Å². The van der Waals surface area contributed by atoms with Gasteiger partial charge in [-0.25, -0.2) is 0 Å². The van der Waals surface area contributed by atoms with Gasteiger partial charge in [-0.1, -0.05) is 25.4 Å². The minimum atomic E-state index is 0.0466. The standard InChI is InChI=1S/C10H15ClN2OS/c1-4-7(2)15-6-9(14)10-8(11)5-12-13(10)3/h5,7H,4,6H2,1-3H3. The summed E-state index contributed by atoms with van der Waals surface area (Å²) >= 11 is 7.53. The van der Waals surface area contributed by atoms with Crippen molar-refractivity contribution in [3.63, 3.8) is 0 Å². The van der Waals surface area contributed by atoms with Gasteiger partial charge in [0.1, 0.15) is 5.69 Å². The molecule has 0 aromatic carbocycles. The molecule has 0 aliphatic heterocycles. The van der Waals surface area contributed by atoms with Gasteiger partial charge < -0.3 is 0 Å². The van der Waals surface area contributed by atoms with Crippen LogP contribution < -0.4 is 0 Å². The van der Waals surface area contributed by atoms with Crippen molar-refractivity contribution in [1.82, 2.24) is 9.78 Å². The second-order valence-electron chi connectivity index (χ2n) is 3.42. The SMILES string of the molecule is CCC(C)SCC(=O)c1c(Cl)cnn1C. The van der Waals surface area contributed by atoms with Crippen molar-refractivity contribution in [2.75, 3.05) is 5.75 Å². The van der Waals surface area contributed by atoms with Crippen LogP contribution in [0.25, 0.3) is 0 Å². The number of ketones is 1. The lowest BCUT2D eigenvalue weighted by atomic mass is 10.3. The number of nitrogens with zero attached hydrogens (tertiary/aromatic N) is 2. The molecule has 1 unspecified atom stereocenters. The van der Waals surface area contributed by atoms with E-state index in [0.29, 0.717) is 21.7 Å². The van der Waals surface area contributed by atoms with Crippen molar-refractivity contribution in [3.05, 3.63) is 16.9 Å². The van der Waals surface area contributed by atoms with E-state index in [1.807, 2.05) is 0 Å². The first-order chi connectivity index (χ1) is 7.06. The van der Waals surface area contributed by atoms with Gasteiger partial charge >= 0.3 is 0 Å². The van der Waals surface area contributed by atoms with Gasteiger partial charge in [0.2, 0.25) is 0 Å². The van der Waals surface area contributed by atoms with E-state index in [-0.39, 0.29) is 5.78 Å². The number of rotatable bonds is 5. The van der Waals surface area contributed by atoms with Crippen molar-refractivity contribution >= 4 is 29.1 Å². The van der Waals surface area contributed by atoms with Crippen LogP contribution in [0.4, 0.5) is 0 Å². The number of thioether (sulfide) groups is 1. The first kappa shape index (κ1) is 12.6. The summed E-state index contributed by atoms with van der Waals surface area (Å²) in [6.07, 6.45) is 2.57. The predicted molar refractivity (Wildman–Crippen MR) is 64.8 cm³/mol. The van der Waals surface area contributed by atoms with E-state index in [4.69, 9.17) is 11.6 Å². The van der Waals surface area contributed by atoms with Crippen LogP contribution in [-0.2, 0) is 7.05 Å². The number of Topliss-reactive ketones (excluding diaryl/α,β-unsaturated/α-hetero) is 1. The van der Waals surface area contributed by atoms with Gasteiger partial charge in [0, 0.05) is 12.3 Å². The minimum Gasteiger partial charge on any atom is -0.291 e. The molecule has 1 aromatic heterocycles. The molecule has 0 saturated heterocycles. The summed E-state index contributed by atoms with van der Waals surface area (Å²) in [7, 11) is 1.73. The number of aromatic nitrogens is 2. The highest BCUT2D eigenvalue weighted by Gasteiger charge is 2.16. The summed E-state index contributed by atoms with van der Waals surface area (Å²) in [4.78, 5) is 11.8. The molecular formula is C10H15ClN2OS. The van der Waals surface area contributed by atoms with Crippen LogP contribution in [0.5, 0.6) is 0 Å². The molecule has 84 valence electrons. The van der Waals surface area contributed by atoms with Crippen molar-refractivity contribution in [3.8, 4) is 0 Å².